The molecule has 0 aliphatic carbocycles. The summed E-state index contributed by atoms with van der Waals surface area (Å²) in [6, 6.07) is 7.30. The van der Waals surface area contributed by atoms with Gasteiger partial charge in [-0.15, -0.1) is 0 Å². The quantitative estimate of drug-likeness (QED) is 0.909. The molecule has 1 aromatic rings. The first-order valence-corrected chi connectivity index (χ1v) is 7.64. The van der Waals surface area contributed by atoms with Crippen molar-refractivity contribution in [1.29, 1.82) is 0 Å². The maximum Gasteiger partial charge on any atom is 0.314 e. The Bertz CT molecular complexity index is 533. The molecule has 1 aliphatic heterocycles. The minimum atomic E-state index is -0.428. The van der Waals surface area contributed by atoms with Crippen molar-refractivity contribution in [3.63, 3.8) is 0 Å². The Labute approximate surface area is 130 Å². The van der Waals surface area contributed by atoms with Gasteiger partial charge in [0.05, 0.1) is 0 Å². The van der Waals surface area contributed by atoms with Gasteiger partial charge in [0.2, 0.25) is 0 Å². The number of nitrogens with zero attached hydrogens (tertiary/aromatic N) is 2. The van der Waals surface area contributed by atoms with Gasteiger partial charge in [0, 0.05) is 26.2 Å². The third kappa shape index (κ3) is 4.13. The summed E-state index contributed by atoms with van der Waals surface area (Å²) >= 11 is 0. The Morgan fingerprint density at radius 1 is 1.14 bits per heavy atom. The normalized spacial score (nSPS) is 15.3. The van der Waals surface area contributed by atoms with Crippen molar-refractivity contribution in [2.45, 2.75) is 19.8 Å². The van der Waals surface area contributed by atoms with E-state index in [4.69, 9.17) is 10.5 Å². The Hall–Kier alpha value is -2.24. The maximum absolute atomic E-state index is 12.3. The highest BCUT2D eigenvalue weighted by Crippen LogP contribution is 2.18. The summed E-state index contributed by atoms with van der Waals surface area (Å²) in [4.78, 5) is 26.8. The number of primary amides is 1. The lowest BCUT2D eigenvalue weighted by Crippen LogP contribution is -2.40. The molecule has 0 bridgehead atoms. The predicted octanol–water partition coefficient (Wildman–Crippen LogP) is 1.24. The molecule has 1 heterocycles. The summed E-state index contributed by atoms with van der Waals surface area (Å²) in [5.41, 5.74) is 6.37. The molecule has 0 saturated carbocycles. The summed E-state index contributed by atoms with van der Waals surface area (Å²) in [7, 11) is 0. The van der Waals surface area contributed by atoms with Gasteiger partial charge in [0.15, 0.2) is 6.61 Å². The zero-order valence-electron chi connectivity index (χ0n) is 13.0. The number of carbonyl (C=O) groups is 2. The number of hydrogen-bond donors (Lipinski definition) is 1. The Balaban J connectivity index is 1.88. The Kier molecular flexibility index (Phi) is 5.63. The molecule has 0 unspecified atom stereocenters. The number of para-hydroxylation sites is 1. The Morgan fingerprint density at radius 2 is 1.82 bits per heavy atom. The highest BCUT2D eigenvalue weighted by Gasteiger charge is 2.21. The van der Waals surface area contributed by atoms with Crippen molar-refractivity contribution in [2.24, 2.45) is 5.73 Å². The molecular formula is C16H23N3O3. The standard InChI is InChI=1S/C16H23N3O3/c1-2-13-6-3-4-7-14(13)22-12-15(20)18-8-5-9-19(11-10-18)16(17)21/h3-4,6-7H,2,5,8-12H2,1H3,(H2,17,21). The molecule has 1 aliphatic rings. The topological polar surface area (TPSA) is 75.9 Å². The molecule has 0 aromatic heterocycles. The van der Waals surface area contributed by atoms with Crippen LogP contribution in [0, 0.1) is 0 Å². The first-order valence-electron chi connectivity index (χ1n) is 7.64. The SMILES string of the molecule is CCc1ccccc1OCC(=O)N1CCCN(C(N)=O)CC1. The largest absolute Gasteiger partial charge is 0.483 e. The Morgan fingerprint density at radius 3 is 2.55 bits per heavy atom. The fourth-order valence-corrected chi connectivity index (χ4v) is 2.55. The number of carbonyl (C=O) groups excluding carboxylic acids is 2. The van der Waals surface area contributed by atoms with Crippen LogP contribution in [0.15, 0.2) is 24.3 Å². The molecule has 1 aromatic carbocycles. The van der Waals surface area contributed by atoms with Crippen LogP contribution in [-0.2, 0) is 11.2 Å². The molecule has 6 nitrogen and oxygen atoms in total. The van der Waals surface area contributed by atoms with Crippen molar-refractivity contribution in [1.82, 2.24) is 9.80 Å². The third-order valence-corrected chi connectivity index (χ3v) is 3.86. The predicted molar refractivity (Wildman–Crippen MR) is 83.7 cm³/mol. The molecule has 6 heteroatoms. The van der Waals surface area contributed by atoms with Crippen LogP contribution in [0.5, 0.6) is 5.75 Å². The van der Waals surface area contributed by atoms with E-state index in [2.05, 4.69) is 6.92 Å². The lowest BCUT2D eigenvalue weighted by Gasteiger charge is -2.21. The van der Waals surface area contributed by atoms with Gasteiger partial charge in [-0.05, 0) is 24.5 Å². The van der Waals surface area contributed by atoms with Gasteiger partial charge < -0.3 is 20.3 Å². The number of aryl methyl sites for hydroxylation is 1. The van der Waals surface area contributed by atoms with E-state index in [1.807, 2.05) is 24.3 Å². The average molecular weight is 305 g/mol. The highest BCUT2D eigenvalue weighted by molar-refractivity contribution is 5.78. The van der Waals surface area contributed by atoms with Crippen LogP contribution in [0.25, 0.3) is 0 Å². The lowest BCUT2D eigenvalue weighted by molar-refractivity contribution is -0.133. The molecule has 0 atom stereocenters. The van der Waals surface area contributed by atoms with Crippen LogP contribution in [0.3, 0.4) is 0 Å². The van der Waals surface area contributed by atoms with Crippen molar-refractivity contribution < 1.29 is 14.3 Å². The first-order chi connectivity index (χ1) is 10.6. The zero-order chi connectivity index (χ0) is 15.9. The van der Waals surface area contributed by atoms with E-state index < -0.39 is 6.03 Å². The summed E-state index contributed by atoms with van der Waals surface area (Å²) in [5.74, 6) is 0.698. The van der Waals surface area contributed by atoms with E-state index in [1.165, 1.54) is 0 Å². The van der Waals surface area contributed by atoms with Crippen molar-refractivity contribution in [3.8, 4) is 5.75 Å². The second-order valence-electron chi connectivity index (χ2n) is 5.31. The van der Waals surface area contributed by atoms with Gasteiger partial charge in [0.1, 0.15) is 5.75 Å². The molecule has 2 rings (SSSR count). The number of amides is 3. The summed E-state index contributed by atoms with van der Waals surface area (Å²) in [5, 5.41) is 0. The summed E-state index contributed by atoms with van der Waals surface area (Å²) in [6.45, 7) is 4.28. The van der Waals surface area contributed by atoms with Crippen LogP contribution >= 0.6 is 0 Å². The van der Waals surface area contributed by atoms with E-state index in [1.54, 1.807) is 9.80 Å². The molecule has 0 spiro atoms. The van der Waals surface area contributed by atoms with Crippen LogP contribution in [-0.4, -0.2) is 54.5 Å². The van der Waals surface area contributed by atoms with E-state index in [0.717, 1.165) is 24.2 Å². The van der Waals surface area contributed by atoms with Gasteiger partial charge in [-0.25, -0.2) is 4.79 Å². The fourth-order valence-electron chi connectivity index (χ4n) is 2.55. The van der Waals surface area contributed by atoms with Gasteiger partial charge in [-0.3, -0.25) is 4.79 Å². The van der Waals surface area contributed by atoms with Crippen LogP contribution < -0.4 is 10.5 Å². The lowest BCUT2D eigenvalue weighted by atomic mass is 10.1. The molecular weight excluding hydrogens is 282 g/mol. The number of ether oxygens (including phenoxy) is 1. The third-order valence-electron chi connectivity index (χ3n) is 3.86. The molecule has 1 fully saturated rings. The van der Waals surface area contributed by atoms with E-state index in [0.29, 0.717) is 26.2 Å². The molecule has 120 valence electrons. The van der Waals surface area contributed by atoms with Crippen molar-refractivity contribution in [3.05, 3.63) is 29.8 Å². The second kappa shape index (κ2) is 7.68. The zero-order valence-corrected chi connectivity index (χ0v) is 13.0. The van der Waals surface area contributed by atoms with Gasteiger partial charge in [-0.2, -0.15) is 0 Å². The number of benzene rings is 1. The van der Waals surface area contributed by atoms with Crippen LogP contribution in [0.2, 0.25) is 0 Å². The molecule has 2 N–H and O–H groups in total. The summed E-state index contributed by atoms with van der Waals surface area (Å²) in [6.07, 6.45) is 1.60. The molecule has 1 saturated heterocycles. The van der Waals surface area contributed by atoms with Crippen LogP contribution in [0.4, 0.5) is 4.79 Å². The molecule has 0 radical (unpaired) electrons. The smallest absolute Gasteiger partial charge is 0.314 e. The fraction of sp³-hybridized carbons (Fsp3) is 0.500. The molecule has 3 amide bonds. The van der Waals surface area contributed by atoms with E-state index >= 15 is 0 Å². The number of nitrogens with two attached hydrogens (primary N) is 1. The number of hydrogen-bond acceptors (Lipinski definition) is 3. The first kappa shape index (κ1) is 16.1. The highest BCUT2D eigenvalue weighted by atomic mass is 16.5. The molecule has 22 heavy (non-hydrogen) atoms. The van der Waals surface area contributed by atoms with Crippen molar-refractivity contribution in [2.75, 3.05) is 32.8 Å². The summed E-state index contributed by atoms with van der Waals surface area (Å²) < 4.78 is 5.66. The van der Waals surface area contributed by atoms with Gasteiger partial charge >= 0.3 is 6.03 Å². The average Bonchev–Trinajstić information content (AvgIpc) is 2.79. The van der Waals surface area contributed by atoms with E-state index in [-0.39, 0.29) is 12.5 Å². The van der Waals surface area contributed by atoms with Gasteiger partial charge in [0.25, 0.3) is 5.91 Å². The minimum absolute atomic E-state index is 0.0214. The van der Waals surface area contributed by atoms with Crippen molar-refractivity contribution >= 4 is 11.9 Å². The second-order valence-corrected chi connectivity index (χ2v) is 5.31. The number of rotatable bonds is 4. The van der Waals surface area contributed by atoms with E-state index in [9.17, 15) is 9.59 Å². The number of urea groups is 1. The minimum Gasteiger partial charge on any atom is -0.483 e. The monoisotopic (exact) mass is 305 g/mol. The van der Waals surface area contributed by atoms with Gasteiger partial charge in [-0.1, -0.05) is 25.1 Å². The maximum atomic E-state index is 12.3. The van der Waals surface area contributed by atoms with Crippen LogP contribution in [0.1, 0.15) is 18.9 Å².